The minimum absolute atomic E-state index is 0.225. The SMILES string of the molecule is C=CCNC(C)(C)N=NN(C)CCC(Nc1cccc(Cl)c1)/C(=C/C)CC. The molecule has 0 fully saturated rings. The maximum atomic E-state index is 6.12. The molecule has 0 saturated carbocycles. The lowest BCUT2D eigenvalue weighted by atomic mass is 10.0. The summed E-state index contributed by atoms with van der Waals surface area (Å²) in [4.78, 5) is 0. The molecule has 0 spiro atoms. The van der Waals surface area contributed by atoms with Crippen LogP contribution < -0.4 is 10.6 Å². The first-order valence-corrected chi connectivity index (χ1v) is 9.86. The fraction of sp³-hybridized carbons (Fsp3) is 0.524. The number of allylic oxidation sites excluding steroid dienone is 1. The van der Waals surface area contributed by atoms with Crippen LogP contribution in [-0.2, 0) is 0 Å². The molecule has 1 aromatic rings. The second-order valence-electron chi connectivity index (χ2n) is 7.01. The van der Waals surface area contributed by atoms with Crippen molar-refractivity contribution in [2.45, 2.75) is 52.2 Å². The van der Waals surface area contributed by atoms with Gasteiger partial charge in [-0.05, 0) is 51.8 Å². The second-order valence-corrected chi connectivity index (χ2v) is 7.45. The summed E-state index contributed by atoms with van der Waals surface area (Å²) in [6.07, 6.45) is 5.91. The highest BCUT2D eigenvalue weighted by Crippen LogP contribution is 2.21. The molecule has 0 radical (unpaired) electrons. The standard InChI is InChI=1S/C21H34ClN5/c1-7-14-23-21(4,5)25-26-27(6)15-13-20(17(8-2)9-3)24-19-12-10-11-18(22)16-19/h7-8,10-12,16,20,23-24H,1,9,13-15H2,2-6H3/b17-8+,26-25?. The topological polar surface area (TPSA) is 52.0 Å². The van der Waals surface area contributed by atoms with E-state index >= 15 is 0 Å². The normalized spacial score (nSPS) is 13.6. The van der Waals surface area contributed by atoms with Crippen molar-refractivity contribution in [2.24, 2.45) is 10.3 Å². The van der Waals surface area contributed by atoms with Crippen LogP contribution in [0.15, 0.2) is 58.9 Å². The Hall–Kier alpha value is -1.85. The average molecular weight is 392 g/mol. The van der Waals surface area contributed by atoms with Crippen molar-refractivity contribution >= 4 is 17.3 Å². The van der Waals surface area contributed by atoms with Crippen LogP contribution in [0.4, 0.5) is 5.69 Å². The fourth-order valence-electron chi connectivity index (χ4n) is 2.69. The van der Waals surface area contributed by atoms with E-state index in [4.69, 9.17) is 11.6 Å². The van der Waals surface area contributed by atoms with Crippen molar-refractivity contribution in [3.05, 3.63) is 53.6 Å². The number of anilines is 1. The summed E-state index contributed by atoms with van der Waals surface area (Å²) in [5.41, 5.74) is 1.98. The molecule has 6 heteroatoms. The van der Waals surface area contributed by atoms with Crippen LogP contribution in [0.1, 0.15) is 40.5 Å². The average Bonchev–Trinajstić information content (AvgIpc) is 2.63. The summed E-state index contributed by atoms with van der Waals surface area (Å²) < 4.78 is 0. The molecule has 1 atom stereocenters. The Morgan fingerprint density at radius 1 is 1.41 bits per heavy atom. The first kappa shape index (κ1) is 23.2. The van der Waals surface area contributed by atoms with Gasteiger partial charge in [-0.2, -0.15) is 0 Å². The largest absolute Gasteiger partial charge is 0.378 e. The first-order valence-electron chi connectivity index (χ1n) is 9.48. The minimum Gasteiger partial charge on any atom is -0.378 e. The van der Waals surface area contributed by atoms with Gasteiger partial charge in [0.25, 0.3) is 0 Å². The number of nitrogens with zero attached hydrogens (tertiary/aromatic N) is 3. The predicted molar refractivity (Wildman–Crippen MR) is 117 cm³/mol. The first-order chi connectivity index (χ1) is 12.8. The van der Waals surface area contributed by atoms with Gasteiger partial charge in [-0.3, -0.25) is 10.3 Å². The Morgan fingerprint density at radius 2 is 2.15 bits per heavy atom. The summed E-state index contributed by atoms with van der Waals surface area (Å²) in [6.45, 7) is 13.5. The maximum absolute atomic E-state index is 6.12. The Labute approximate surface area is 169 Å². The van der Waals surface area contributed by atoms with Crippen molar-refractivity contribution in [3.63, 3.8) is 0 Å². The van der Waals surface area contributed by atoms with E-state index < -0.39 is 5.66 Å². The van der Waals surface area contributed by atoms with E-state index in [9.17, 15) is 0 Å². The third-order valence-corrected chi connectivity index (χ3v) is 4.50. The Kier molecular flexibility index (Phi) is 10.1. The summed E-state index contributed by atoms with van der Waals surface area (Å²) >= 11 is 6.12. The van der Waals surface area contributed by atoms with Gasteiger partial charge in [-0.25, -0.2) is 0 Å². The van der Waals surface area contributed by atoms with Gasteiger partial charge in [0, 0.05) is 36.9 Å². The second kappa shape index (κ2) is 11.8. The maximum Gasteiger partial charge on any atom is 0.128 e. The third-order valence-electron chi connectivity index (χ3n) is 4.26. The van der Waals surface area contributed by atoms with Gasteiger partial charge < -0.3 is 5.32 Å². The lowest BCUT2D eigenvalue weighted by molar-refractivity contribution is 0.282. The molecule has 0 aliphatic heterocycles. The molecule has 5 nitrogen and oxygen atoms in total. The van der Waals surface area contributed by atoms with Crippen molar-refractivity contribution < 1.29 is 0 Å². The Morgan fingerprint density at radius 3 is 2.74 bits per heavy atom. The molecule has 0 aromatic heterocycles. The monoisotopic (exact) mass is 391 g/mol. The van der Waals surface area contributed by atoms with Gasteiger partial charge in [0.15, 0.2) is 0 Å². The van der Waals surface area contributed by atoms with Crippen LogP contribution in [0.5, 0.6) is 0 Å². The molecule has 1 unspecified atom stereocenters. The van der Waals surface area contributed by atoms with Gasteiger partial charge in [0.2, 0.25) is 0 Å². The lowest BCUT2D eigenvalue weighted by Crippen LogP contribution is -2.37. The quantitative estimate of drug-likeness (QED) is 0.274. The molecule has 0 amide bonds. The Bertz CT molecular complexity index is 639. The van der Waals surface area contributed by atoms with Crippen molar-refractivity contribution in [2.75, 3.05) is 25.5 Å². The van der Waals surface area contributed by atoms with E-state index in [0.717, 1.165) is 30.1 Å². The molecular formula is C21H34ClN5. The van der Waals surface area contributed by atoms with E-state index in [1.54, 1.807) is 0 Å². The fourth-order valence-corrected chi connectivity index (χ4v) is 2.88. The molecule has 1 aromatic carbocycles. The minimum atomic E-state index is -0.418. The smallest absolute Gasteiger partial charge is 0.128 e. The van der Waals surface area contributed by atoms with Crippen LogP contribution in [0, 0.1) is 0 Å². The predicted octanol–water partition coefficient (Wildman–Crippen LogP) is 5.68. The number of hydrogen-bond donors (Lipinski definition) is 2. The molecule has 150 valence electrons. The van der Waals surface area contributed by atoms with E-state index in [0.29, 0.717) is 6.54 Å². The van der Waals surface area contributed by atoms with Gasteiger partial charge in [0.1, 0.15) is 5.66 Å². The Balaban J connectivity index is 2.71. The van der Waals surface area contributed by atoms with Crippen molar-refractivity contribution in [3.8, 4) is 0 Å². The van der Waals surface area contributed by atoms with Gasteiger partial charge in [-0.1, -0.05) is 47.5 Å². The molecule has 0 heterocycles. The van der Waals surface area contributed by atoms with Gasteiger partial charge in [0.05, 0.1) is 0 Å². The van der Waals surface area contributed by atoms with E-state index in [1.807, 2.05) is 56.2 Å². The highest BCUT2D eigenvalue weighted by atomic mass is 35.5. The van der Waals surface area contributed by atoms with Gasteiger partial charge >= 0.3 is 0 Å². The molecule has 0 aliphatic rings. The van der Waals surface area contributed by atoms with Crippen LogP contribution in [-0.4, -0.2) is 36.9 Å². The molecule has 0 bridgehead atoms. The molecule has 27 heavy (non-hydrogen) atoms. The van der Waals surface area contributed by atoms with Crippen molar-refractivity contribution in [1.29, 1.82) is 0 Å². The van der Waals surface area contributed by atoms with Crippen LogP contribution in [0.2, 0.25) is 5.02 Å². The number of halogens is 1. The number of benzene rings is 1. The lowest BCUT2D eigenvalue weighted by Gasteiger charge is -2.25. The summed E-state index contributed by atoms with van der Waals surface area (Å²) in [5.74, 6) is 0. The van der Waals surface area contributed by atoms with Gasteiger partial charge in [-0.15, -0.1) is 11.7 Å². The number of nitrogens with one attached hydrogen (secondary N) is 2. The zero-order valence-electron chi connectivity index (χ0n) is 17.3. The van der Waals surface area contributed by atoms with Crippen LogP contribution in [0.25, 0.3) is 0 Å². The molecule has 0 saturated heterocycles. The van der Waals surface area contributed by atoms with Crippen LogP contribution in [0.3, 0.4) is 0 Å². The molecule has 2 N–H and O–H groups in total. The summed E-state index contributed by atoms with van der Waals surface area (Å²) in [5, 5.41) is 18.2. The molecule has 0 aliphatic carbocycles. The van der Waals surface area contributed by atoms with Crippen molar-refractivity contribution in [1.82, 2.24) is 10.3 Å². The van der Waals surface area contributed by atoms with E-state index in [1.165, 1.54) is 5.57 Å². The number of hydrogen-bond acceptors (Lipinski definition) is 4. The summed E-state index contributed by atoms with van der Waals surface area (Å²) in [7, 11) is 1.95. The number of rotatable bonds is 12. The van der Waals surface area contributed by atoms with Crippen LogP contribution >= 0.6 is 11.6 Å². The van der Waals surface area contributed by atoms with E-state index in [-0.39, 0.29) is 6.04 Å². The summed E-state index contributed by atoms with van der Waals surface area (Å²) in [6, 6.07) is 8.06. The highest BCUT2D eigenvalue weighted by molar-refractivity contribution is 6.30. The third kappa shape index (κ3) is 9.07. The molecular weight excluding hydrogens is 358 g/mol. The highest BCUT2D eigenvalue weighted by Gasteiger charge is 2.16. The zero-order valence-corrected chi connectivity index (χ0v) is 18.1. The zero-order chi connectivity index (χ0) is 20.3. The van der Waals surface area contributed by atoms with E-state index in [2.05, 4.69) is 47.5 Å². The molecule has 1 rings (SSSR count).